The molecule has 3 aromatic rings. The average molecular weight is 385 g/mol. The number of unbranched alkanes of at least 4 members (excludes halogenated alkanes) is 1. The van der Waals surface area contributed by atoms with Crippen LogP contribution in [0.1, 0.15) is 25.3 Å². The molecule has 0 saturated carbocycles. The van der Waals surface area contributed by atoms with Gasteiger partial charge in [-0.2, -0.15) is 0 Å². The number of methoxy groups -OCH3 is 1. The lowest BCUT2D eigenvalue weighted by molar-refractivity contribution is 0.308. The highest BCUT2D eigenvalue weighted by Crippen LogP contribution is 2.31. The molecule has 0 radical (unpaired) electrons. The van der Waals surface area contributed by atoms with Crippen LogP contribution in [0.4, 0.5) is 0 Å². The fourth-order valence-electron chi connectivity index (χ4n) is 2.94. The number of amidine groups is 1. The highest BCUT2D eigenvalue weighted by atomic mass is 31.0. The zero-order valence-electron chi connectivity index (χ0n) is 15.5. The van der Waals surface area contributed by atoms with Crippen LogP contribution in [-0.2, 0) is 0 Å². The van der Waals surface area contributed by atoms with Gasteiger partial charge in [-0.15, -0.1) is 9.24 Å². The summed E-state index contributed by atoms with van der Waals surface area (Å²) in [7, 11) is 4.35. The maximum absolute atomic E-state index is 8.97. The van der Waals surface area contributed by atoms with Gasteiger partial charge in [-0.25, -0.2) is 0 Å². The van der Waals surface area contributed by atoms with Crippen molar-refractivity contribution in [2.24, 2.45) is 10.9 Å². The maximum Gasteiger partial charge on any atom is 0.170 e. The van der Waals surface area contributed by atoms with Gasteiger partial charge in [0, 0.05) is 28.5 Å². The first kappa shape index (κ1) is 19.1. The first-order valence-electron chi connectivity index (χ1n) is 8.78. The molecule has 0 amide bonds. The number of nitrogens with zero attached hydrogens (tertiary/aromatic N) is 2. The number of benzene rings is 2. The number of aromatic nitrogens is 1. The van der Waals surface area contributed by atoms with Crippen LogP contribution in [0, 0.1) is 0 Å². The number of ether oxygens (including phenoxy) is 2. The van der Waals surface area contributed by atoms with Crippen molar-refractivity contribution in [1.82, 2.24) is 4.57 Å². The Morgan fingerprint density at radius 2 is 2.04 bits per heavy atom. The second kappa shape index (κ2) is 8.31. The van der Waals surface area contributed by atoms with Crippen LogP contribution in [0.2, 0.25) is 0 Å². The van der Waals surface area contributed by atoms with E-state index in [1.165, 1.54) is 0 Å². The number of fused-ring (bicyclic) bond motifs is 1. The van der Waals surface area contributed by atoms with Crippen molar-refractivity contribution in [3.8, 4) is 17.2 Å². The average Bonchev–Trinajstić information content (AvgIpc) is 3.09. The minimum absolute atomic E-state index is 0.0496. The van der Waals surface area contributed by atoms with Crippen LogP contribution < -0.4 is 20.5 Å². The lowest BCUT2D eigenvalue weighted by Gasteiger charge is -2.15. The number of rotatable bonds is 7. The summed E-state index contributed by atoms with van der Waals surface area (Å²) in [6, 6.07) is 11.6. The van der Waals surface area contributed by atoms with E-state index in [-0.39, 0.29) is 5.84 Å². The summed E-state index contributed by atoms with van der Waals surface area (Å²) in [4.78, 5) is 0. The molecule has 2 aromatic carbocycles. The molecule has 1 heterocycles. The van der Waals surface area contributed by atoms with E-state index in [2.05, 4.69) is 38.0 Å². The molecule has 3 rings (SSSR count). The molecule has 142 valence electrons. The van der Waals surface area contributed by atoms with Gasteiger partial charge in [0.2, 0.25) is 0 Å². The minimum Gasteiger partial charge on any atom is -0.496 e. The quantitative estimate of drug-likeness (QED) is 0.163. The van der Waals surface area contributed by atoms with Gasteiger partial charge in [0.1, 0.15) is 11.5 Å². The van der Waals surface area contributed by atoms with Crippen molar-refractivity contribution in [1.29, 1.82) is 0 Å². The predicted molar refractivity (Wildman–Crippen MR) is 112 cm³/mol. The number of nitrogens with two attached hydrogens (primary N) is 1. The molecule has 0 aliphatic heterocycles. The highest BCUT2D eigenvalue weighted by molar-refractivity contribution is 7.27. The summed E-state index contributed by atoms with van der Waals surface area (Å²) in [5.74, 6) is 1.53. The molecule has 7 heteroatoms. The summed E-state index contributed by atoms with van der Waals surface area (Å²) in [5, 5.41) is 14.2. The summed E-state index contributed by atoms with van der Waals surface area (Å²) in [5.41, 5.74) is 8.25. The van der Waals surface area contributed by atoms with Crippen molar-refractivity contribution < 1.29 is 14.7 Å². The largest absolute Gasteiger partial charge is 0.496 e. The Morgan fingerprint density at radius 3 is 2.74 bits per heavy atom. The molecule has 0 aliphatic carbocycles. The van der Waals surface area contributed by atoms with E-state index in [0.29, 0.717) is 17.9 Å². The fourth-order valence-corrected chi connectivity index (χ4v) is 3.32. The molecular weight excluding hydrogens is 361 g/mol. The normalized spacial score (nSPS) is 11.7. The SMILES string of the molecule is CCCCOc1cc(/C(N)=N/O)ccc1-n1ccc2cc(P)c(OC)cc21. The van der Waals surface area contributed by atoms with Crippen molar-refractivity contribution >= 4 is 31.3 Å². The molecule has 0 bridgehead atoms. The molecule has 0 saturated heterocycles. The number of hydrogen-bond donors (Lipinski definition) is 2. The minimum atomic E-state index is 0.0496. The first-order valence-corrected chi connectivity index (χ1v) is 9.36. The van der Waals surface area contributed by atoms with E-state index >= 15 is 0 Å². The molecule has 1 aromatic heterocycles. The zero-order chi connectivity index (χ0) is 19.4. The van der Waals surface area contributed by atoms with Crippen LogP contribution in [0.5, 0.6) is 11.5 Å². The van der Waals surface area contributed by atoms with E-state index in [1.54, 1.807) is 13.2 Å². The molecule has 6 nitrogen and oxygen atoms in total. The third kappa shape index (κ3) is 3.86. The Hall–Kier alpha value is -2.72. The van der Waals surface area contributed by atoms with Gasteiger partial charge in [0.25, 0.3) is 0 Å². The van der Waals surface area contributed by atoms with E-state index < -0.39 is 0 Å². The second-order valence-corrected chi connectivity index (χ2v) is 6.83. The summed E-state index contributed by atoms with van der Waals surface area (Å²) in [6.45, 7) is 2.71. The Bertz CT molecular complexity index is 982. The van der Waals surface area contributed by atoms with Crippen molar-refractivity contribution in [3.05, 3.63) is 48.2 Å². The highest BCUT2D eigenvalue weighted by Gasteiger charge is 2.13. The summed E-state index contributed by atoms with van der Waals surface area (Å²) >= 11 is 0. The Morgan fingerprint density at radius 1 is 1.22 bits per heavy atom. The van der Waals surface area contributed by atoms with E-state index in [9.17, 15) is 0 Å². The maximum atomic E-state index is 8.97. The molecule has 3 N–H and O–H groups in total. The van der Waals surface area contributed by atoms with Gasteiger partial charge in [-0.3, -0.25) is 0 Å². The van der Waals surface area contributed by atoms with Gasteiger partial charge >= 0.3 is 0 Å². The van der Waals surface area contributed by atoms with Gasteiger partial charge < -0.3 is 25.0 Å². The van der Waals surface area contributed by atoms with Crippen molar-refractivity contribution in [2.45, 2.75) is 19.8 Å². The molecule has 1 unspecified atom stereocenters. The van der Waals surface area contributed by atoms with Crippen LogP contribution >= 0.6 is 9.24 Å². The Balaban J connectivity index is 2.13. The molecule has 0 fully saturated rings. The van der Waals surface area contributed by atoms with E-state index in [1.807, 2.05) is 24.4 Å². The fraction of sp³-hybridized carbons (Fsp3) is 0.250. The first-order chi connectivity index (χ1) is 13.1. The zero-order valence-corrected chi connectivity index (χ0v) is 16.6. The van der Waals surface area contributed by atoms with Gasteiger partial charge in [0.05, 0.1) is 24.9 Å². The lowest BCUT2D eigenvalue weighted by atomic mass is 10.1. The van der Waals surface area contributed by atoms with Gasteiger partial charge in [0.15, 0.2) is 5.84 Å². The number of hydrogen-bond acceptors (Lipinski definition) is 4. The van der Waals surface area contributed by atoms with Crippen molar-refractivity contribution in [2.75, 3.05) is 13.7 Å². The molecule has 27 heavy (non-hydrogen) atoms. The third-order valence-electron chi connectivity index (χ3n) is 4.42. The smallest absolute Gasteiger partial charge is 0.170 e. The molecule has 0 spiro atoms. The van der Waals surface area contributed by atoms with Crippen molar-refractivity contribution in [3.63, 3.8) is 0 Å². The monoisotopic (exact) mass is 385 g/mol. The second-order valence-electron chi connectivity index (χ2n) is 6.21. The summed E-state index contributed by atoms with van der Waals surface area (Å²) in [6.07, 6.45) is 3.99. The van der Waals surface area contributed by atoms with Gasteiger partial charge in [-0.05, 0) is 36.8 Å². The van der Waals surface area contributed by atoms with Crippen LogP contribution in [0.3, 0.4) is 0 Å². The Labute approximate surface area is 160 Å². The van der Waals surface area contributed by atoms with E-state index in [4.69, 9.17) is 20.4 Å². The topological polar surface area (TPSA) is 82.0 Å². The predicted octanol–water partition coefficient (Wildman–Crippen LogP) is 3.41. The standard InChI is InChI=1S/C20H24N3O3P/c1-3-4-9-26-17-10-14(20(21)22-24)5-6-15(17)23-8-7-13-11-19(27)18(25-2)12-16(13)23/h5-8,10-12,24H,3-4,9,27H2,1-2H3,(H2,21,22). The van der Waals surface area contributed by atoms with E-state index in [0.717, 1.165) is 40.5 Å². The van der Waals surface area contributed by atoms with Crippen LogP contribution in [0.15, 0.2) is 47.8 Å². The van der Waals surface area contributed by atoms with Gasteiger partial charge in [-0.1, -0.05) is 18.5 Å². The third-order valence-corrected chi connectivity index (χ3v) is 4.87. The lowest BCUT2D eigenvalue weighted by Crippen LogP contribution is -2.14. The molecule has 1 atom stereocenters. The van der Waals surface area contributed by atoms with Crippen LogP contribution in [0.25, 0.3) is 16.6 Å². The summed E-state index contributed by atoms with van der Waals surface area (Å²) < 4.78 is 13.5. The molecule has 0 aliphatic rings. The number of oxime groups is 1. The molecular formula is C20H24N3O3P. The Kier molecular flexibility index (Phi) is 5.87. The van der Waals surface area contributed by atoms with Crippen LogP contribution in [-0.4, -0.2) is 29.3 Å².